The van der Waals surface area contributed by atoms with Gasteiger partial charge in [0.05, 0.1) is 18.3 Å². The Balaban J connectivity index is 1.25. The molecular formula is C23H29N3O2. The van der Waals surface area contributed by atoms with Crippen LogP contribution in [0.25, 0.3) is 10.9 Å². The number of para-hydroxylation sites is 1. The van der Waals surface area contributed by atoms with Crippen LogP contribution in [0.15, 0.2) is 35.3 Å². The van der Waals surface area contributed by atoms with Crippen LogP contribution in [-0.2, 0) is 11.3 Å². The van der Waals surface area contributed by atoms with Crippen molar-refractivity contribution in [2.24, 2.45) is 23.2 Å². The molecule has 6 rings (SSSR count). The number of aromatic nitrogens is 2. The molecule has 4 aliphatic rings. The molecule has 1 amide bonds. The van der Waals surface area contributed by atoms with E-state index in [1.54, 1.807) is 4.68 Å². The van der Waals surface area contributed by atoms with Gasteiger partial charge in [0.15, 0.2) is 0 Å². The second-order valence-corrected chi connectivity index (χ2v) is 9.67. The third-order valence-electron chi connectivity index (χ3n) is 7.46. The van der Waals surface area contributed by atoms with Crippen molar-refractivity contribution in [3.63, 3.8) is 0 Å². The number of carbonyl (C=O) groups excluding carboxylic acids is 1. The molecule has 0 unspecified atom stereocenters. The van der Waals surface area contributed by atoms with Crippen molar-refractivity contribution in [1.29, 1.82) is 0 Å². The minimum atomic E-state index is -0.0721. The first-order valence-electron chi connectivity index (χ1n) is 10.7. The number of fused-ring (bicyclic) bond motifs is 1. The molecule has 4 saturated carbocycles. The minimum Gasteiger partial charge on any atom is -0.345 e. The average molecular weight is 380 g/mol. The molecule has 1 aromatic carbocycles. The molecule has 1 aromatic heterocycles. The summed E-state index contributed by atoms with van der Waals surface area (Å²) >= 11 is 0. The van der Waals surface area contributed by atoms with Crippen LogP contribution in [0.3, 0.4) is 0 Å². The Labute approximate surface area is 165 Å². The summed E-state index contributed by atoms with van der Waals surface area (Å²) in [5, 5.41) is 4.91. The van der Waals surface area contributed by atoms with E-state index in [4.69, 9.17) is 0 Å². The van der Waals surface area contributed by atoms with Crippen molar-refractivity contribution in [3.8, 4) is 0 Å². The number of nitrogens with zero attached hydrogens (tertiary/aromatic N) is 3. The van der Waals surface area contributed by atoms with Crippen molar-refractivity contribution in [2.75, 3.05) is 13.6 Å². The van der Waals surface area contributed by atoms with Gasteiger partial charge in [0, 0.05) is 25.4 Å². The fourth-order valence-corrected chi connectivity index (χ4v) is 6.81. The number of benzene rings is 1. The van der Waals surface area contributed by atoms with E-state index in [0.717, 1.165) is 29.8 Å². The van der Waals surface area contributed by atoms with Gasteiger partial charge in [-0.05, 0) is 73.8 Å². The number of hydrogen-bond acceptors (Lipinski definition) is 3. The quantitative estimate of drug-likeness (QED) is 0.799. The first kappa shape index (κ1) is 17.9. The summed E-state index contributed by atoms with van der Waals surface area (Å²) < 4.78 is 1.78. The van der Waals surface area contributed by atoms with E-state index >= 15 is 0 Å². The highest BCUT2D eigenvalue weighted by Gasteiger charge is 2.51. The SMILES string of the molecule is CN(CC12CC3CC(CC(C3)C1)C2)C(=O)CCn1ncc(=O)c2ccccc21. The first-order valence-corrected chi connectivity index (χ1v) is 10.7. The Bertz CT molecular complexity index is 928. The van der Waals surface area contributed by atoms with Crippen LogP contribution < -0.4 is 5.43 Å². The molecule has 1 heterocycles. The number of aryl methyl sites for hydroxylation is 1. The van der Waals surface area contributed by atoms with Crippen LogP contribution in [-0.4, -0.2) is 34.2 Å². The van der Waals surface area contributed by atoms with E-state index < -0.39 is 0 Å². The lowest BCUT2D eigenvalue weighted by molar-refractivity contribution is -0.135. The fourth-order valence-electron chi connectivity index (χ4n) is 6.81. The fraction of sp³-hybridized carbons (Fsp3) is 0.609. The maximum Gasteiger partial charge on any atom is 0.224 e. The molecule has 0 radical (unpaired) electrons. The molecule has 0 spiro atoms. The zero-order valence-electron chi connectivity index (χ0n) is 16.6. The van der Waals surface area contributed by atoms with E-state index in [1.807, 2.05) is 36.2 Å². The van der Waals surface area contributed by atoms with Gasteiger partial charge >= 0.3 is 0 Å². The number of hydrogen-bond donors (Lipinski definition) is 0. The molecule has 4 aliphatic carbocycles. The lowest BCUT2D eigenvalue weighted by Crippen LogP contribution is -2.51. The Morgan fingerprint density at radius 2 is 1.79 bits per heavy atom. The molecule has 4 fully saturated rings. The molecule has 2 aromatic rings. The van der Waals surface area contributed by atoms with Crippen molar-refractivity contribution in [2.45, 2.75) is 51.5 Å². The van der Waals surface area contributed by atoms with Crippen LogP contribution in [0, 0.1) is 23.2 Å². The van der Waals surface area contributed by atoms with Crippen LogP contribution in [0.1, 0.15) is 44.9 Å². The molecule has 5 nitrogen and oxygen atoms in total. The molecule has 4 bridgehead atoms. The molecule has 0 atom stereocenters. The van der Waals surface area contributed by atoms with Gasteiger partial charge in [-0.15, -0.1) is 0 Å². The molecule has 0 aliphatic heterocycles. The third kappa shape index (κ3) is 3.15. The van der Waals surface area contributed by atoms with Crippen molar-refractivity contribution in [3.05, 3.63) is 40.7 Å². The van der Waals surface area contributed by atoms with Crippen molar-refractivity contribution < 1.29 is 4.79 Å². The van der Waals surface area contributed by atoms with Gasteiger partial charge < -0.3 is 4.90 Å². The van der Waals surface area contributed by atoms with Gasteiger partial charge in [-0.25, -0.2) is 0 Å². The summed E-state index contributed by atoms with van der Waals surface area (Å²) in [6.07, 6.45) is 10.0. The van der Waals surface area contributed by atoms with Gasteiger partial charge in [-0.1, -0.05) is 12.1 Å². The normalized spacial score (nSPS) is 30.7. The minimum absolute atomic E-state index is 0.0721. The summed E-state index contributed by atoms with van der Waals surface area (Å²) in [5.74, 6) is 2.91. The highest BCUT2D eigenvalue weighted by atomic mass is 16.2. The number of amides is 1. The molecule has 148 valence electrons. The highest BCUT2D eigenvalue weighted by Crippen LogP contribution is 2.60. The van der Waals surface area contributed by atoms with Gasteiger partial charge in [0.25, 0.3) is 0 Å². The molecular weight excluding hydrogens is 350 g/mol. The van der Waals surface area contributed by atoms with Crippen LogP contribution in [0.4, 0.5) is 0 Å². The summed E-state index contributed by atoms with van der Waals surface area (Å²) in [4.78, 5) is 26.8. The summed E-state index contributed by atoms with van der Waals surface area (Å²) in [6.45, 7) is 1.42. The zero-order chi connectivity index (χ0) is 19.3. The molecule has 28 heavy (non-hydrogen) atoms. The third-order valence-corrected chi connectivity index (χ3v) is 7.46. The molecule has 0 saturated heterocycles. The predicted octanol–water partition coefficient (Wildman–Crippen LogP) is 3.46. The predicted molar refractivity (Wildman–Crippen MR) is 109 cm³/mol. The first-order chi connectivity index (χ1) is 13.5. The second-order valence-electron chi connectivity index (χ2n) is 9.67. The smallest absolute Gasteiger partial charge is 0.224 e. The van der Waals surface area contributed by atoms with Gasteiger partial charge in [0.2, 0.25) is 11.3 Å². The molecule has 5 heteroatoms. The average Bonchev–Trinajstić information content (AvgIpc) is 2.66. The largest absolute Gasteiger partial charge is 0.345 e. The van der Waals surface area contributed by atoms with Crippen LogP contribution >= 0.6 is 0 Å². The standard InChI is InChI=1S/C23H29N3O2/c1-25(15-23-11-16-8-17(12-23)10-18(9-16)13-23)22(28)6-7-26-20-5-3-2-4-19(20)21(27)14-24-26/h2-5,14,16-18H,6-13,15H2,1H3. The Morgan fingerprint density at radius 3 is 2.46 bits per heavy atom. The van der Waals surface area contributed by atoms with Crippen LogP contribution in [0.2, 0.25) is 0 Å². The van der Waals surface area contributed by atoms with Crippen molar-refractivity contribution >= 4 is 16.8 Å². The van der Waals surface area contributed by atoms with Gasteiger partial charge in [-0.3, -0.25) is 14.3 Å². The Morgan fingerprint density at radius 1 is 1.14 bits per heavy atom. The van der Waals surface area contributed by atoms with E-state index in [0.29, 0.717) is 23.8 Å². The van der Waals surface area contributed by atoms with Gasteiger partial charge in [0.1, 0.15) is 0 Å². The summed E-state index contributed by atoms with van der Waals surface area (Å²) in [7, 11) is 1.97. The monoisotopic (exact) mass is 379 g/mol. The number of rotatable bonds is 5. The van der Waals surface area contributed by atoms with Crippen molar-refractivity contribution in [1.82, 2.24) is 14.7 Å². The Hall–Kier alpha value is -2.17. The lowest BCUT2D eigenvalue weighted by Gasteiger charge is -2.57. The maximum atomic E-state index is 12.9. The Kier molecular flexibility index (Phi) is 4.29. The maximum absolute atomic E-state index is 12.9. The van der Waals surface area contributed by atoms with E-state index in [1.165, 1.54) is 44.7 Å². The summed E-state index contributed by atoms with van der Waals surface area (Å²) in [5.41, 5.74) is 1.10. The second kappa shape index (κ2) is 6.71. The highest BCUT2D eigenvalue weighted by molar-refractivity contribution is 5.79. The number of carbonyl (C=O) groups is 1. The summed E-state index contributed by atoms with van der Waals surface area (Å²) in [6, 6.07) is 7.48. The lowest BCUT2D eigenvalue weighted by atomic mass is 9.49. The van der Waals surface area contributed by atoms with Gasteiger partial charge in [-0.2, -0.15) is 5.10 Å². The van der Waals surface area contributed by atoms with E-state index in [9.17, 15) is 9.59 Å². The van der Waals surface area contributed by atoms with E-state index in [-0.39, 0.29) is 11.3 Å². The topological polar surface area (TPSA) is 55.2 Å². The molecule has 0 N–H and O–H groups in total. The van der Waals surface area contributed by atoms with E-state index in [2.05, 4.69) is 5.10 Å². The zero-order valence-corrected chi connectivity index (χ0v) is 16.6. The van der Waals surface area contributed by atoms with Crippen LogP contribution in [0.5, 0.6) is 0 Å².